The number of likely N-dealkylation sites (N-methyl/N-ethyl adjacent to an activating group) is 1. The van der Waals surface area contributed by atoms with E-state index in [0.717, 1.165) is 49.5 Å². The molecular weight excluding hydrogens is 362 g/mol. The SMILES string of the molecule is CN1CCN(c2ccc(Nc3ncc4cc5n(c4n3)C(C)(C)CCC5)nc2)CC1. The molecule has 1 fully saturated rings. The zero-order valence-corrected chi connectivity index (χ0v) is 17.5. The van der Waals surface area contributed by atoms with Crippen LogP contribution >= 0.6 is 0 Å². The Kier molecular flexibility index (Phi) is 4.42. The summed E-state index contributed by atoms with van der Waals surface area (Å²) in [5.41, 5.74) is 3.62. The van der Waals surface area contributed by atoms with Gasteiger partial charge < -0.3 is 19.7 Å². The molecule has 3 aromatic rings. The Bertz CT molecular complexity index is 1010. The van der Waals surface area contributed by atoms with Crippen LogP contribution in [0, 0.1) is 0 Å². The minimum Gasteiger partial charge on any atom is -0.368 e. The van der Waals surface area contributed by atoms with Crippen LogP contribution in [-0.2, 0) is 12.0 Å². The molecule has 0 aliphatic carbocycles. The minimum atomic E-state index is 0.0867. The van der Waals surface area contributed by atoms with Crippen LogP contribution in [0.5, 0.6) is 0 Å². The van der Waals surface area contributed by atoms with Crippen LogP contribution in [0.15, 0.2) is 30.6 Å². The van der Waals surface area contributed by atoms with E-state index in [0.29, 0.717) is 5.95 Å². The van der Waals surface area contributed by atoms with Crippen LogP contribution in [0.1, 0.15) is 32.4 Å². The Morgan fingerprint density at radius 2 is 1.86 bits per heavy atom. The highest BCUT2D eigenvalue weighted by atomic mass is 15.3. The molecule has 0 aromatic carbocycles. The van der Waals surface area contributed by atoms with E-state index in [4.69, 9.17) is 4.98 Å². The standard InChI is InChI=1S/C22H29N7/c1-22(2)8-4-5-17-13-16-14-24-21(26-20(16)29(17)22)25-19-7-6-18(15-23-19)28-11-9-27(3)10-12-28/h6-7,13-15H,4-5,8-12H2,1-3H3,(H,23,24,25,26). The molecule has 0 unspecified atom stereocenters. The molecule has 152 valence electrons. The number of hydrogen-bond donors (Lipinski definition) is 1. The molecule has 0 bridgehead atoms. The van der Waals surface area contributed by atoms with Gasteiger partial charge in [0.2, 0.25) is 5.95 Å². The summed E-state index contributed by atoms with van der Waals surface area (Å²) in [7, 11) is 2.17. The fourth-order valence-corrected chi connectivity index (χ4v) is 4.60. The number of aromatic nitrogens is 4. The topological polar surface area (TPSA) is 62.1 Å². The van der Waals surface area contributed by atoms with E-state index in [2.05, 4.69) is 62.7 Å². The van der Waals surface area contributed by atoms with Crippen LogP contribution in [0.25, 0.3) is 11.0 Å². The molecule has 0 saturated carbocycles. The normalized spacial score (nSPS) is 19.3. The predicted molar refractivity (Wildman–Crippen MR) is 117 cm³/mol. The van der Waals surface area contributed by atoms with Gasteiger partial charge in [-0.05, 0) is 58.4 Å². The molecule has 5 heterocycles. The van der Waals surface area contributed by atoms with Crippen molar-refractivity contribution in [1.29, 1.82) is 0 Å². The number of nitrogens with zero attached hydrogens (tertiary/aromatic N) is 6. The Morgan fingerprint density at radius 3 is 2.62 bits per heavy atom. The number of pyridine rings is 1. The van der Waals surface area contributed by atoms with Crippen molar-refractivity contribution in [2.75, 3.05) is 43.4 Å². The summed E-state index contributed by atoms with van der Waals surface area (Å²) in [5.74, 6) is 1.37. The van der Waals surface area contributed by atoms with Gasteiger partial charge in [0.25, 0.3) is 0 Å². The lowest BCUT2D eigenvalue weighted by Crippen LogP contribution is -2.44. The number of rotatable bonds is 3. The molecule has 1 saturated heterocycles. The van der Waals surface area contributed by atoms with Crippen molar-refractivity contribution in [3.8, 4) is 0 Å². The first-order chi connectivity index (χ1) is 14.0. The van der Waals surface area contributed by atoms with Crippen molar-refractivity contribution in [3.63, 3.8) is 0 Å². The largest absolute Gasteiger partial charge is 0.368 e. The van der Waals surface area contributed by atoms with Crippen molar-refractivity contribution < 1.29 is 0 Å². The van der Waals surface area contributed by atoms with Crippen molar-refractivity contribution in [2.45, 2.75) is 38.6 Å². The monoisotopic (exact) mass is 391 g/mol. The Hall–Kier alpha value is -2.67. The van der Waals surface area contributed by atoms with E-state index in [1.807, 2.05) is 18.5 Å². The van der Waals surface area contributed by atoms with Crippen LogP contribution in [0.3, 0.4) is 0 Å². The highest BCUT2D eigenvalue weighted by Gasteiger charge is 2.29. The fraction of sp³-hybridized carbons (Fsp3) is 0.500. The maximum atomic E-state index is 4.84. The van der Waals surface area contributed by atoms with Crippen LogP contribution in [0.2, 0.25) is 0 Å². The number of anilines is 3. The summed E-state index contributed by atoms with van der Waals surface area (Å²) < 4.78 is 2.39. The fourth-order valence-electron chi connectivity index (χ4n) is 4.60. The first-order valence-electron chi connectivity index (χ1n) is 10.5. The molecule has 0 radical (unpaired) electrons. The van der Waals surface area contributed by atoms with Gasteiger partial charge in [0, 0.05) is 49.0 Å². The van der Waals surface area contributed by atoms with E-state index in [-0.39, 0.29) is 5.54 Å². The number of piperazine rings is 1. The van der Waals surface area contributed by atoms with Gasteiger partial charge in [-0.25, -0.2) is 9.97 Å². The number of nitrogens with one attached hydrogen (secondary N) is 1. The van der Waals surface area contributed by atoms with E-state index >= 15 is 0 Å². The van der Waals surface area contributed by atoms with Gasteiger partial charge in [0.1, 0.15) is 11.5 Å². The first kappa shape index (κ1) is 18.4. The summed E-state index contributed by atoms with van der Waals surface area (Å²) in [6, 6.07) is 6.38. The van der Waals surface area contributed by atoms with E-state index in [9.17, 15) is 0 Å². The maximum Gasteiger partial charge on any atom is 0.230 e. The molecule has 29 heavy (non-hydrogen) atoms. The molecule has 7 nitrogen and oxygen atoms in total. The molecule has 2 aliphatic heterocycles. The maximum absolute atomic E-state index is 4.84. The minimum absolute atomic E-state index is 0.0867. The zero-order chi connectivity index (χ0) is 20.0. The Balaban J connectivity index is 1.38. The van der Waals surface area contributed by atoms with Gasteiger partial charge in [0.05, 0.1) is 11.9 Å². The lowest BCUT2D eigenvalue weighted by atomic mass is 9.92. The van der Waals surface area contributed by atoms with Crippen LogP contribution < -0.4 is 10.2 Å². The molecule has 7 heteroatoms. The number of fused-ring (bicyclic) bond motifs is 3. The van der Waals surface area contributed by atoms with Crippen molar-refractivity contribution in [1.82, 2.24) is 24.4 Å². The second-order valence-corrected chi connectivity index (χ2v) is 8.93. The van der Waals surface area contributed by atoms with Gasteiger partial charge in [-0.1, -0.05) is 0 Å². The molecule has 2 aliphatic rings. The summed E-state index contributed by atoms with van der Waals surface area (Å²) in [6.07, 6.45) is 7.37. The molecule has 0 spiro atoms. The second-order valence-electron chi connectivity index (χ2n) is 8.93. The van der Waals surface area contributed by atoms with Gasteiger partial charge in [-0.3, -0.25) is 0 Å². The molecule has 1 N–H and O–H groups in total. The number of aryl methyl sites for hydroxylation is 1. The third-order valence-electron chi connectivity index (χ3n) is 6.30. The molecule has 3 aromatic heterocycles. The van der Waals surface area contributed by atoms with Gasteiger partial charge in [-0.15, -0.1) is 0 Å². The first-order valence-corrected chi connectivity index (χ1v) is 10.5. The summed E-state index contributed by atoms with van der Waals surface area (Å²) in [6.45, 7) is 8.85. The summed E-state index contributed by atoms with van der Waals surface area (Å²) in [5, 5.41) is 4.39. The lowest BCUT2D eigenvalue weighted by molar-refractivity contribution is 0.290. The van der Waals surface area contributed by atoms with Gasteiger partial charge >= 0.3 is 0 Å². The van der Waals surface area contributed by atoms with Crippen LogP contribution in [0.4, 0.5) is 17.5 Å². The Morgan fingerprint density at radius 1 is 1.03 bits per heavy atom. The third-order valence-corrected chi connectivity index (χ3v) is 6.30. The number of hydrogen-bond acceptors (Lipinski definition) is 6. The van der Waals surface area contributed by atoms with Crippen molar-refractivity contribution in [2.24, 2.45) is 0 Å². The summed E-state index contributed by atoms with van der Waals surface area (Å²) in [4.78, 5) is 18.7. The highest BCUT2D eigenvalue weighted by Crippen LogP contribution is 2.35. The molecular formula is C22H29N7. The molecule has 5 rings (SSSR count). The average Bonchev–Trinajstić information content (AvgIpc) is 3.08. The third kappa shape index (κ3) is 3.44. The molecule has 0 atom stereocenters. The molecule has 0 amide bonds. The van der Waals surface area contributed by atoms with E-state index in [1.54, 1.807) is 0 Å². The average molecular weight is 392 g/mol. The smallest absolute Gasteiger partial charge is 0.230 e. The highest BCUT2D eigenvalue weighted by molar-refractivity contribution is 5.78. The van der Waals surface area contributed by atoms with E-state index in [1.165, 1.54) is 24.2 Å². The summed E-state index contributed by atoms with van der Waals surface area (Å²) >= 11 is 0. The zero-order valence-electron chi connectivity index (χ0n) is 17.5. The van der Waals surface area contributed by atoms with Crippen molar-refractivity contribution >= 4 is 28.5 Å². The van der Waals surface area contributed by atoms with Gasteiger partial charge in [0.15, 0.2) is 0 Å². The van der Waals surface area contributed by atoms with E-state index < -0.39 is 0 Å². The predicted octanol–water partition coefficient (Wildman–Crippen LogP) is 3.39. The second kappa shape index (κ2) is 6.99. The quantitative estimate of drug-likeness (QED) is 0.738. The van der Waals surface area contributed by atoms with Crippen LogP contribution in [-0.4, -0.2) is 57.6 Å². The lowest BCUT2D eigenvalue weighted by Gasteiger charge is -2.34. The van der Waals surface area contributed by atoms with Crippen molar-refractivity contribution in [3.05, 3.63) is 36.3 Å². The Labute approximate surface area is 171 Å². The van der Waals surface area contributed by atoms with Gasteiger partial charge in [-0.2, -0.15) is 4.98 Å².